The number of nitrogens with one attached hydrogen (secondary N) is 2. The molecule has 0 unspecified atom stereocenters. The highest BCUT2D eigenvalue weighted by Crippen LogP contribution is 2.25. The van der Waals surface area contributed by atoms with Gasteiger partial charge in [0.05, 0.1) is 23.3 Å². The van der Waals surface area contributed by atoms with Gasteiger partial charge in [0.25, 0.3) is 0 Å². The van der Waals surface area contributed by atoms with E-state index in [4.69, 9.17) is 10.7 Å². The molecular weight excluding hydrogens is 412 g/mol. The minimum atomic E-state index is 0.497. The van der Waals surface area contributed by atoms with E-state index in [0.717, 1.165) is 54.5 Å². The molecule has 174 valence electrons. The summed E-state index contributed by atoms with van der Waals surface area (Å²) in [6.07, 6.45) is 7.44. The lowest BCUT2D eigenvalue weighted by atomic mass is 10.1. The molecule has 33 heavy (non-hydrogen) atoms. The van der Waals surface area contributed by atoms with Gasteiger partial charge in [-0.2, -0.15) is 0 Å². The standard InChI is InChI=1S/C25H34N8/c1-5-19(3)29-21-9-7-8-20(14-21)15-23-24(33-12-10-32(4)11-13-33)18-28-25(31-23)30-22(16-26)17-27-6-2/h5,7-9,14,16-18,29H,1,3,6,10-13,15,26H2,2,4H3,(H,28,30,31). The number of anilines is 3. The first-order chi connectivity index (χ1) is 16.0. The number of aliphatic imine (C=N–C) groups is 1. The molecule has 8 heteroatoms. The van der Waals surface area contributed by atoms with E-state index in [2.05, 4.69) is 62.7 Å². The lowest BCUT2D eigenvalue weighted by molar-refractivity contribution is 0.312. The fourth-order valence-electron chi connectivity index (χ4n) is 3.54. The van der Waals surface area contributed by atoms with Gasteiger partial charge >= 0.3 is 0 Å². The highest BCUT2D eigenvalue weighted by molar-refractivity contribution is 5.82. The van der Waals surface area contributed by atoms with E-state index in [0.29, 0.717) is 24.6 Å². The smallest absolute Gasteiger partial charge is 0.227 e. The third kappa shape index (κ3) is 6.92. The fourth-order valence-corrected chi connectivity index (χ4v) is 3.54. The van der Waals surface area contributed by atoms with Crippen molar-refractivity contribution < 1.29 is 0 Å². The zero-order chi connectivity index (χ0) is 23.6. The lowest BCUT2D eigenvalue weighted by Gasteiger charge is -2.34. The van der Waals surface area contributed by atoms with Gasteiger partial charge in [0.1, 0.15) is 0 Å². The summed E-state index contributed by atoms with van der Waals surface area (Å²) in [6.45, 7) is 14.2. The zero-order valence-electron chi connectivity index (χ0n) is 19.6. The first-order valence-electron chi connectivity index (χ1n) is 11.2. The topological polar surface area (TPSA) is 94.7 Å². The van der Waals surface area contributed by atoms with E-state index in [1.807, 2.05) is 25.3 Å². The van der Waals surface area contributed by atoms with Crippen molar-refractivity contribution in [2.75, 3.05) is 55.3 Å². The van der Waals surface area contributed by atoms with Crippen molar-refractivity contribution in [2.45, 2.75) is 13.3 Å². The van der Waals surface area contributed by atoms with Gasteiger partial charge in [0, 0.05) is 62.9 Å². The Labute approximate surface area is 196 Å². The van der Waals surface area contributed by atoms with Gasteiger partial charge in [-0.1, -0.05) is 25.3 Å². The molecule has 3 rings (SSSR count). The summed E-state index contributed by atoms with van der Waals surface area (Å²) in [6, 6.07) is 8.25. The SMILES string of the molecule is C=CC(=C)Nc1cccc(Cc2nc(NC(C=NCC)=CN)ncc2N2CCN(C)CC2)c1. The van der Waals surface area contributed by atoms with Gasteiger partial charge in [-0.05, 0) is 37.7 Å². The maximum atomic E-state index is 5.75. The second-order valence-corrected chi connectivity index (χ2v) is 7.92. The molecule has 0 radical (unpaired) electrons. The van der Waals surface area contributed by atoms with Gasteiger partial charge in [0.2, 0.25) is 5.95 Å². The highest BCUT2D eigenvalue weighted by Gasteiger charge is 2.19. The van der Waals surface area contributed by atoms with Crippen LogP contribution < -0.4 is 21.3 Å². The Balaban J connectivity index is 1.90. The van der Waals surface area contributed by atoms with Crippen LogP contribution in [0.1, 0.15) is 18.2 Å². The fraction of sp³-hybridized carbons (Fsp3) is 0.320. The molecule has 1 aliphatic heterocycles. The Hall–Kier alpha value is -3.65. The van der Waals surface area contributed by atoms with E-state index >= 15 is 0 Å². The lowest BCUT2D eigenvalue weighted by Crippen LogP contribution is -2.45. The molecule has 0 bridgehead atoms. The Morgan fingerprint density at radius 1 is 1.24 bits per heavy atom. The van der Waals surface area contributed by atoms with Crippen LogP contribution in [0.5, 0.6) is 0 Å². The average Bonchev–Trinajstić information content (AvgIpc) is 2.82. The third-order valence-corrected chi connectivity index (χ3v) is 5.39. The third-order valence-electron chi connectivity index (χ3n) is 5.39. The Bertz CT molecular complexity index is 1020. The van der Waals surface area contributed by atoms with Crippen LogP contribution in [0, 0.1) is 0 Å². The summed E-state index contributed by atoms with van der Waals surface area (Å²) in [7, 11) is 2.15. The van der Waals surface area contributed by atoms with Crippen LogP contribution in [0.15, 0.2) is 72.3 Å². The Kier molecular flexibility index (Phi) is 8.60. The maximum absolute atomic E-state index is 5.75. The molecule has 0 amide bonds. The van der Waals surface area contributed by atoms with E-state index in [1.54, 1.807) is 12.3 Å². The molecule has 8 nitrogen and oxygen atoms in total. The normalized spacial score (nSPS) is 15.0. The molecule has 2 aromatic rings. The van der Waals surface area contributed by atoms with Crippen LogP contribution >= 0.6 is 0 Å². The maximum Gasteiger partial charge on any atom is 0.227 e. The van der Waals surface area contributed by atoms with Crippen LogP contribution in [-0.4, -0.2) is 60.9 Å². The molecule has 1 aliphatic rings. The number of piperazine rings is 1. The molecule has 1 aromatic heterocycles. The number of nitrogens with two attached hydrogens (primary N) is 1. The van der Waals surface area contributed by atoms with E-state index < -0.39 is 0 Å². The van der Waals surface area contributed by atoms with Crippen molar-refractivity contribution in [3.63, 3.8) is 0 Å². The quantitative estimate of drug-likeness (QED) is 0.381. The number of likely N-dealkylation sites (N-methyl/N-ethyl adjacent to an activating group) is 1. The predicted octanol–water partition coefficient (Wildman–Crippen LogP) is 3.23. The van der Waals surface area contributed by atoms with Crippen LogP contribution in [-0.2, 0) is 6.42 Å². The number of aromatic nitrogens is 2. The van der Waals surface area contributed by atoms with Gasteiger partial charge < -0.3 is 26.2 Å². The zero-order valence-corrected chi connectivity index (χ0v) is 19.6. The molecule has 0 aliphatic carbocycles. The average molecular weight is 447 g/mol. The molecule has 4 N–H and O–H groups in total. The van der Waals surface area contributed by atoms with E-state index in [-0.39, 0.29) is 0 Å². The monoisotopic (exact) mass is 446 g/mol. The van der Waals surface area contributed by atoms with Gasteiger partial charge in [-0.25, -0.2) is 9.97 Å². The summed E-state index contributed by atoms with van der Waals surface area (Å²) < 4.78 is 0. The molecule has 1 aromatic carbocycles. The minimum absolute atomic E-state index is 0.497. The number of hydrogen-bond acceptors (Lipinski definition) is 8. The van der Waals surface area contributed by atoms with Crippen LogP contribution in [0.2, 0.25) is 0 Å². The predicted molar refractivity (Wildman–Crippen MR) is 139 cm³/mol. The Morgan fingerprint density at radius 3 is 2.73 bits per heavy atom. The van der Waals surface area contributed by atoms with Crippen molar-refractivity contribution in [3.8, 4) is 0 Å². The molecule has 1 saturated heterocycles. The van der Waals surface area contributed by atoms with Gasteiger partial charge in [-0.3, -0.25) is 4.99 Å². The van der Waals surface area contributed by atoms with Crippen molar-refractivity contribution in [3.05, 3.63) is 78.5 Å². The number of allylic oxidation sites excluding steroid dienone is 2. The number of nitrogens with zero attached hydrogens (tertiary/aromatic N) is 5. The van der Waals surface area contributed by atoms with Crippen LogP contribution in [0.4, 0.5) is 17.3 Å². The molecule has 0 saturated carbocycles. The summed E-state index contributed by atoms with van der Waals surface area (Å²) in [5, 5.41) is 6.43. The molecule has 0 atom stereocenters. The second-order valence-electron chi connectivity index (χ2n) is 7.92. The number of hydrogen-bond donors (Lipinski definition) is 3. The number of benzene rings is 1. The van der Waals surface area contributed by atoms with Crippen molar-refractivity contribution >= 4 is 23.5 Å². The van der Waals surface area contributed by atoms with Gasteiger partial charge in [-0.15, -0.1) is 0 Å². The molecule has 0 spiro atoms. The summed E-state index contributed by atoms with van der Waals surface area (Å²) in [4.78, 5) is 18.4. The van der Waals surface area contributed by atoms with E-state index in [1.165, 1.54) is 6.20 Å². The largest absolute Gasteiger partial charge is 0.403 e. The van der Waals surface area contributed by atoms with Crippen LogP contribution in [0.3, 0.4) is 0 Å². The molecule has 1 fully saturated rings. The Morgan fingerprint density at radius 2 is 2.03 bits per heavy atom. The van der Waals surface area contributed by atoms with Crippen molar-refractivity contribution in [1.82, 2.24) is 14.9 Å². The molecule has 2 heterocycles. The van der Waals surface area contributed by atoms with Crippen molar-refractivity contribution in [1.29, 1.82) is 0 Å². The van der Waals surface area contributed by atoms with Crippen LogP contribution in [0.25, 0.3) is 0 Å². The summed E-state index contributed by atoms with van der Waals surface area (Å²) >= 11 is 0. The van der Waals surface area contributed by atoms with Crippen molar-refractivity contribution in [2.24, 2.45) is 10.7 Å². The summed E-state index contributed by atoms with van der Waals surface area (Å²) in [5.41, 5.74) is 11.3. The first-order valence-corrected chi connectivity index (χ1v) is 11.2. The van der Waals surface area contributed by atoms with E-state index in [9.17, 15) is 0 Å². The molecular formula is C25H34N8. The second kappa shape index (κ2) is 11.8. The van der Waals surface area contributed by atoms with Gasteiger partial charge in [0.15, 0.2) is 0 Å². The summed E-state index contributed by atoms with van der Waals surface area (Å²) in [5.74, 6) is 0.497. The first kappa shape index (κ1) is 24.0. The number of rotatable bonds is 10. The minimum Gasteiger partial charge on any atom is -0.403 e. The highest BCUT2D eigenvalue weighted by atomic mass is 15.3.